The predicted octanol–water partition coefficient (Wildman–Crippen LogP) is 2.73. The van der Waals surface area contributed by atoms with Crippen LogP contribution in [0.3, 0.4) is 0 Å². The van der Waals surface area contributed by atoms with Gasteiger partial charge in [0.1, 0.15) is 0 Å². The summed E-state index contributed by atoms with van der Waals surface area (Å²) in [4.78, 5) is 0. The van der Waals surface area contributed by atoms with Crippen LogP contribution >= 0.6 is 0 Å². The van der Waals surface area contributed by atoms with Gasteiger partial charge >= 0.3 is 0 Å². The molecule has 0 aromatic rings. The van der Waals surface area contributed by atoms with E-state index in [1.54, 1.807) is 0 Å². The molecule has 0 amide bonds. The van der Waals surface area contributed by atoms with E-state index in [4.69, 9.17) is 0 Å². The van der Waals surface area contributed by atoms with Gasteiger partial charge in [-0.25, -0.2) is 0 Å². The molecule has 1 nitrogen and oxygen atoms in total. The highest BCUT2D eigenvalue weighted by Gasteiger charge is 2.19. The summed E-state index contributed by atoms with van der Waals surface area (Å²) < 4.78 is 0. The molecule has 0 rings (SSSR count). The molecule has 0 aliphatic rings. The second kappa shape index (κ2) is 6.08. The van der Waals surface area contributed by atoms with Crippen molar-refractivity contribution < 1.29 is 5.11 Å². The van der Waals surface area contributed by atoms with Crippen molar-refractivity contribution in [3.8, 4) is 11.8 Å². The van der Waals surface area contributed by atoms with Crippen LogP contribution in [0.15, 0.2) is 0 Å². The van der Waals surface area contributed by atoms with Crippen LogP contribution in [0.1, 0.15) is 52.9 Å². The number of hydrogen-bond donors (Lipinski definition) is 1. The summed E-state index contributed by atoms with van der Waals surface area (Å²) in [5.41, 5.74) is -0.541. The molecule has 0 unspecified atom stereocenters. The molecular weight excluding hydrogens is 148 g/mol. The molecule has 0 bridgehead atoms. The van der Waals surface area contributed by atoms with E-state index < -0.39 is 5.60 Å². The maximum absolute atomic E-state index is 9.83. The molecule has 0 saturated carbocycles. The fourth-order valence-electron chi connectivity index (χ4n) is 0.940. The van der Waals surface area contributed by atoms with E-state index in [-0.39, 0.29) is 0 Å². The lowest BCUT2D eigenvalue weighted by Gasteiger charge is -2.21. The minimum absolute atomic E-state index is 0.541. The Morgan fingerprint density at radius 2 is 1.67 bits per heavy atom. The Kier molecular flexibility index (Phi) is 5.84. The molecule has 0 spiro atoms. The van der Waals surface area contributed by atoms with E-state index in [1.807, 2.05) is 13.8 Å². The van der Waals surface area contributed by atoms with Gasteiger partial charge in [-0.15, -0.1) is 11.8 Å². The molecule has 0 aromatic carbocycles. The van der Waals surface area contributed by atoms with E-state index in [1.165, 1.54) is 0 Å². The monoisotopic (exact) mass is 168 g/mol. The molecule has 70 valence electrons. The molecule has 0 aromatic heterocycles. The Bertz CT molecular complexity index is 158. The smallest absolute Gasteiger partial charge is 0.0751 e. The molecule has 12 heavy (non-hydrogen) atoms. The zero-order valence-corrected chi connectivity index (χ0v) is 8.48. The first-order valence-corrected chi connectivity index (χ1v) is 4.86. The van der Waals surface area contributed by atoms with Gasteiger partial charge in [0.05, 0.1) is 5.60 Å². The maximum atomic E-state index is 9.83. The third-order valence-electron chi connectivity index (χ3n) is 2.23. The van der Waals surface area contributed by atoms with E-state index in [0.717, 1.165) is 25.7 Å². The largest absolute Gasteiger partial charge is 0.389 e. The van der Waals surface area contributed by atoms with Gasteiger partial charge in [-0.3, -0.25) is 0 Å². The number of hydrogen-bond acceptors (Lipinski definition) is 1. The summed E-state index contributed by atoms with van der Waals surface area (Å²) in [6, 6.07) is 0. The van der Waals surface area contributed by atoms with Crippen LogP contribution in [0.2, 0.25) is 0 Å². The van der Waals surface area contributed by atoms with Gasteiger partial charge in [-0.05, 0) is 19.3 Å². The highest BCUT2D eigenvalue weighted by molar-refractivity contribution is 5.03. The van der Waals surface area contributed by atoms with Crippen molar-refractivity contribution in [2.45, 2.75) is 58.5 Å². The average molecular weight is 168 g/mol. The van der Waals surface area contributed by atoms with E-state index in [2.05, 4.69) is 18.8 Å². The number of aliphatic hydroxyl groups is 1. The highest BCUT2D eigenvalue weighted by Crippen LogP contribution is 2.17. The fraction of sp³-hybridized carbons (Fsp3) is 0.818. The summed E-state index contributed by atoms with van der Waals surface area (Å²) in [6.07, 6.45) is 4.27. The predicted molar refractivity (Wildman–Crippen MR) is 52.8 cm³/mol. The van der Waals surface area contributed by atoms with E-state index >= 15 is 0 Å². The zero-order valence-electron chi connectivity index (χ0n) is 8.48. The van der Waals surface area contributed by atoms with Crippen LogP contribution in [-0.4, -0.2) is 10.7 Å². The van der Waals surface area contributed by atoms with E-state index in [9.17, 15) is 5.11 Å². The minimum Gasteiger partial charge on any atom is -0.389 e. The topological polar surface area (TPSA) is 20.2 Å². The Hall–Kier alpha value is -0.480. The van der Waals surface area contributed by atoms with Crippen LogP contribution in [-0.2, 0) is 0 Å². The summed E-state index contributed by atoms with van der Waals surface area (Å²) >= 11 is 0. The van der Waals surface area contributed by atoms with Crippen LogP contribution in [0.25, 0.3) is 0 Å². The molecule has 0 radical (unpaired) electrons. The third kappa shape index (κ3) is 4.41. The molecule has 0 aliphatic carbocycles. The first-order valence-electron chi connectivity index (χ1n) is 4.86. The molecular formula is C11H20O. The Labute approximate surface area is 76.2 Å². The van der Waals surface area contributed by atoms with Crippen molar-refractivity contribution in [2.24, 2.45) is 0 Å². The normalized spacial score (nSPS) is 10.7. The molecule has 1 N–H and O–H groups in total. The maximum Gasteiger partial charge on any atom is 0.0751 e. The lowest BCUT2D eigenvalue weighted by Crippen LogP contribution is -2.25. The van der Waals surface area contributed by atoms with E-state index in [0.29, 0.717) is 6.42 Å². The molecule has 0 aliphatic heterocycles. The van der Waals surface area contributed by atoms with Crippen molar-refractivity contribution in [3.05, 3.63) is 0 Å². The van der Waals surface area contributed by atoms with Crippen molar-refractivity contribution in [1.29, 1.82) is 0 Å². The van der Waals surface area contributed by atoms with Gasteiger partial charge < -0.3 is 5.11 Å². The third-order valence-corrected chi connectivity index (χ3v) is 2.23. The van der Waals surface area contributed by atoms with Crippen molar-refractivity contribution >= 4 is 0 Å². The molecule has 1 heteroatoms. The Morgan fingerprint density at radius 1 is 1.08 bits per heavy atom. The average Bonchev–Trinajstić information content (AvgIpc) is 2.12. The lowest BCUT2D eigenvalue weighted by molar-refractivity contribution is 0.0375. The van der Waals surface area contributed by atoms with Crippen LogP contribution in [0.4, 0.5) is 0 Å². The SMILES string of the molecule is CCCC#CCC(O)(CC)CC. The van der Waals surface area contributed by atoms with Gasteiger partial charge in [-0.2, -0.15) is 0 Å². The number of unbranched alkanes of at least 4 members (excludes halogenated alkanes) is 1. The molecule has 0 heterocycles. The summed E-state index contributed by atoms with van der Waals surface area (Å²) in [6.45, 7) is 6.12. The van der Waals surface area contributed by atoms with Gasteiger partial charge in [0.2, 0.25) is 0 Å². The minimum atomic E-state index is -0.541. The first-order chi connectivity index (χ1) is 5.68. The second-order valence-electron chi connectivity index (χ2n) is 3.21. The molecule has 0 atom stereocenters. The van der Waals surface area contributed by atoms with Crippen LogP contribution < -0.4 is 0 Å². The van der Waals surface area contributed by atoms with Crippen molar-refractivity contribution in [1.82, 2.24) is 0 Å². The second-order valence-corrected chi connectivity index (χ2v) is 3.21. The quantitative estimate of drug-likeness (QED) is 0.640. The summed E-state index contributed by atoms with van der Waals surface area (Å²) in [5, 5.41) is 9.83. The van der Waals surface area contributed by atoms with Gasteiger partial charge in [0.25, 0.3) is 0 Å². The Morgan fingerprint density at radius 3 is 2.08 bits per heavy atom. The van der Waals surface area contributed by atoms with Crippen LogP contribution in [0.5, 0.6) is 0 Å². The van der Waals surface area contributed by atoms with Crippen LogP contribution in [0, 0.1) is 11.8 Å². The standard InChI is InChI=1S/C11H20O/c1-4-7-8-9-10-11(12,5-2)6-3/h12H,4-7,10H2,1-3H3. The number of rotatable bonds is 4. The lowest BCUT2D eigenvalue weighted by atomic mass is 9.94. The van der Waals surface area contributed by atoms with Gasteiger partial charge in [0.15, 0.2) is 0 Å². The summed E-state index contributed by atoms with van der Waals surface area (Å²) in [7, 11) is 0. The summed E-state index contributed by atoms with van der Waals surface area (Å²) in [5.74, 6) is 6.08. The van der Waals surface area contributed by atoms with Gasteiger partial charge in [-0.1, -0.05) is 20.8 Å². The highest BCUT2D eigenvalue weighted by atomic mass is 16.3. The van der Waals surface area contributed by atoms with Crippen molar-refractivity contribution in [2.75, 3.05) is 0 Å². The molecule has 0 saturated heterocycles. The Balaban J connectivity index is 3.82. The molecule has 0 fully saturated rings. The zero-order chi connectivity index (χ0) is 9.45. The first kappa shape index (κ1) is 11.5. The fourth-order valence-corrected chi connectivity index (χ4v) is 0.940. The van der Waals surface area contributed by atoms with Crippen molar-refractivity contribution in [3.63, 3.8) is 0 Å². The van der Waals surface area contributed by atoms with Gasteiger partial charge in [0, 0.05) is 12.8 Å².